The molecule has 45 valence electrons. The highest BCUT2D eigenvalue weighted by Crippen LogP contribution is 1.96. The fourth-order valence-electron chi connectivity index (χ4n) is 0.732. The molecule has 2 heteroatoms. The first-order chi connectivity index (χ1) is 4.24. The summed E-state index contributed by atoms with van der Waals surface area (Å²) in [6, 6.07) is 0. The van der Waals surface area contributed by atoms with Crippen LogP contribution in [0.5, 0.6) is 0 Å². The first-order valence-corrected chi connectivity index (χ1v) is 2.66. The highest BCUT2D eigenvalue weighted by molar-refractivity contribution is 5.16. The van der Waals surface area contributed by atoms with Crippen molar-refractivity contribution in [1.29, 1.82) is 0 Å². The normalized spacial score (nSPS) is 9.00. The number of hydrogen-bond donors (Lipinski definition) is 0. The standard InChI is InChI=1S/C7H7N2/c1-4-7-8-6(2)5-9(7)3/h5H,2-3H3. The SMILES string of the molecule is [C]#Cc1nc(C)cn1C. The van der Waals surface area contributed by atoms with Gasteiger partial charge in [-0.05, 0) is 19.3 Å². The molecule has 1 aromatic heterocycles. The minimum absolute atomic E-state index is 0.576. The van der Waals surface area contributed by atoms with Crippen molar-refractivity contribution in [3.63, 3.8) is 0 Å². The van der Waals surface area contributed by atoms with Gasteiger partial charge in [-0.15, -0.1) is 0 Å². The van der Waals surface area contributed by atoms with Crippen LogP contribution < -0.4 is 0 Å². The van der Waals surface area contributed by atoms with E-state index in [-0.39, 0.29) is 0 Å². The summed E-state index contributed by atoms with van der Waals surface area (Å²) in [6.07, 6.45) is 8.62. The van der Waals surface area contributed by atoms with Crippen molar-refractivity contribution in [2.75, 3.05) is 0 Å². The number of aromatic nitrogens is 2. The van der Waals surface area contributed by atoms with Crippen LogP contribution in [0.2, 0.25) is 0 Å². The first kappa shape index (κ1) is 5.90. The number of aryl methyl sites for hydroxylation is 2. The molecule has 0 spiro atoms. The molecule has 2 nitrogen and oxygen atoms in total. The van der Waals surface area contributed by atoms with Crippen LogP contribution in [0.4, 0.5) is 0 Å². The Kier molecular flexibility index (Phi) is 1.27. The van der Waals surface area contributed by atoms with Gasteiger partial charge in [0, 0.05) is 13.2 Å². The van der Waals surface area contributed by atoms with E-state index < -0.39 is 0 Å². The lowest BCUT2D eigenvalue weighted by Gasteiger charge is -1.86. The molecule has 1 heterocycles. The zero-order valence-electron chi connectivity index (χ0n) is 5.47. The number of imidazole rings is 1. The van der Waals surface area contributed by atoms with Crippen molar-refractivity contribution in [2.45, 2.75) is 6.92 Å². The molecule has 0 aliphatic rings. The largest absolute Gasteiger partial charge is 0.327 e. The van der Waals surface area contributed by atoms with Gasteiger partial charge in [0.2, 0.25) is 0 Å². The molecule has 1 aromatic rings. The van der Waals surface area contributed by atoms with Gasteiger partial charge in [0.1, 0.15) is 0 Å². The molecule has 0 N–H and O–H groups in total. The van der Waals surface area contributed by atoms with Gasteiger partial charge in [-0.2, -0.15) is 0 Å². The van der Waals surface area contributed by atoms with E-state index in [9.17, 15) is 0 Å². The van der Waals surface area contributed by atoms with Gasteiger partial charge in [0.25, 0.3) is 0 Å². The molecule has 0 unspecified atom stereocenters. The van der Waals surface area contributed by atoms with Crippen LogP contribution in [0.1, 0.15) is 11.5 Å². The average molecular weight is 119 g/mol. The maximum atomic E-state index is 6.76. The Morgan fingerprint density at radius 1 is 1.78 bits per heavy atom. The first-order valence-electron chi connectivity index (χ1n) is 2.66. The molecule has 0 aromatic carbocycles. The zero-order valence-corrected chi connectivity index (χ0v) is 5.47. The predicted octanol–water partition coefficient (Wildman–Crippen LogP) is 0.666. The van der Waals surface area contributed by atoms with Gasteiger partial charge in [-0.1, -0.05) is 0 Å². The minimum Gasteiger partial charge on any atom is -0.327 e. The Morgan fingerprint density at radius 2 is 2.44 bits per heavy atom. The lowest BCUT2D eigenvalue weighted by atomic mass is 10.6. The lowest BCUT2D eigenvalue weighted by molar-refractivity contribution is 0.893. The van der Waals surface area contributed by atoms with E-state index in [1.807, 2.05) is 20.2 Å². The van der Waals surface area contributed by atoms with Crippen LogP contribution >= 0.6 is 0 Å². The van der Waals surface area contributed by atoms with E-state index in [2.05, 4.69) is 10.9 Å². The molecule has 0 saturated heterocycles. The van der Waals surface area contributed by atoms with Crippen LogP contribution in [-0.2, 0) is 7.05 Å². The van der Waals surface area contributed by atoms with Gasteiger partial charge in [0.05, 0.1) is 5.69 Å². The Balaban J connectivity index is 3.20. The van der Waals surface area contributed by atoms with Crippen molar-refractivity contribution in [1.82, 2.24) is 9.55 Å². The summed E-state index contributed by atoms with van der Waals surface area (Å²) in [7, 11) is 1.84. The Morgan fingerprint density at radius 3 is 2.67 bits per heavy atom. The third kappa shape index (κ3) is 0.945. The van der Waals surface area contributed by atoms with Crippen LogP contribution in [0.15, 0.2) is 6.20 Å². The molecule has 0 fully saturated rings. The topological polar surface area (TPSA) is 17.8 Å². The number of rotatable bonds is 0. The second-order valence-electron chi connectivity index (χ2n) is 1.94. The predicted molar refractivity (Wildman–Crippen MR) is 34.2 cm³/mol. The molecule has 9 heavy (non-hydrogen) atoms. The fourth-order valence-corrected chi connectivity index (χ4v) is 0.732. The molecule has 0 aliphatic carbocycles. The summed E-state index contributed by atoms with van der Waals surface area (Å²) in [5.74, 6) is 2.79. The summed E-state index contributed by atoms with van der Waals surface area (Å²) in [5, 5.41) is 0. The van der Waals surface area contributed by atoms with Crippen LogP contribution in [0.3, 0.4) is 0 Å². The van der Waals surface area contributed by atoms with Crippen molar-refractivity contribution in [3.8, 4) is 5.92 Å². The van der Waals surface area contributed by atoms with Crippen molar-refractivity contribution >= 4 is 0 Å². The van der Waals surface area contributed by atoms with E-state index in [1.54, 1.807) is 4.57 Å². The third-order valence-electron chi connectivity index (χ3n) is 1.11. The van der Waals surface area contributed by atoms with Crippen LogP contribution in [0, 0.1) is 19.3 Å². The second kappa shape index (κ2) is 1.94. The quantitative estimate of drug-likeness (QED) is 0.459. The zero-order chi connectivity index (χ0) is 6.85. The van der Waals surface area contributed by atoms with Crippen LogP contribution in [-0.4, -0.2) is 9.55 Å². The molecule has 1 rings (SSSR count). The summed E-state index contributed by atoms with van der Waals surface area (Å²) in [6.45, 7) is 1.89. The van der Waals surface area contributed by atoms with Crippen molar-refractivity contribution in [3.05, 3.63) is 24.1 Å². The van der Waals surface area contributed by atoms with Crippen molar-refractivity contribution < 1.29 is 0 Å². The van der Waals surface area contributed by atoms with E-state index in [0.29, 0.717) is 5.82 Å². The minimum atomic E-state index is 0.576. The summed E-state index contributed by atoms with van der Waals surface area (Å²) >= 11 is 0. The molecule has 0 atom stereocenters. The molecule has 0 amide bonds. The Bertz CT molecular complexity index is 252. The molecule has 0 aliphatic heterocycles. The Hall–Kier alpha value is -1.23. The second-order valence-corrected chi connectivity index (χ2v) is 1.94. The number of nitrogens with zero attached hydrogens (tertiary/aromatic N) is 2. The van der Waals surface area contributed by atoms with Gasteiger partial charge in [-0.25, -0.2) is 4.98 Å². The monoisotopic (exact) mass is 119 g/mol. The van der Waals surface area contributed by atoms with E-state index in [1.165, 1.54) is 0 Å². The highest BCUT2D eigenvalue weighted by atomic mass is 15.0. The summed E-state index contributed by atoms with van der Waals surface area (Å²) in [5.41, 5.74) is 0.923. The van der Waals surface area contributed by atoms with Crippen LogP contribution in [0.25, 0.3) is 0 Å². The molecule has 0 bridgehead atoms. The average Bonchev–Trinajstić information content (AvgIpc) is 2.10. The fraction of sp³-hybridized carbons (Fsp3) is 0.286. The lowest BCUT2D eigenvalue weighted by Crippen LogP contribution is -1.88. The highest BCUT2D eigenvalue weighted by Gasteiger charge is 1.95. The van der Waals surface area contributed by atoms with Gasteiger partial charge >= 0.3 is 0 Å². The maximum Gasteiger partial charge on any atom is 0.186 e. The summed E-state index contributed by atoms with van der Waals surface area (Å²) in [4.78, 5) is 3.99. The van der Waals surface area contributed by atoms with Gasteiger partial charge < -0.3 is 4.57 Å². The number of hydrogen-bond acceptors (Lipinski definition) is 1. The van der Waals surface area contributed by atoms with Gasteiger partial charge in [0.15, 0.2) is 5.82 Å². The van der Waals surface area contributed by atoms with E-state index in [0.717, 1.165) is 5.69 Å². The van der Waals surface area contributed by atoms with E-state index in [4.69, 9.17) is 6.42 Å². The smallest absolute Gasteiger partial charge is 0.186 e. The molecule has 1 radical (unpaired) electrons. The molecular formula is C7H7N2. The molecular weight excluding hydrogens is 112 g/mol. The maximum absolute atomic E-state index is 6.76. The Labute approximate surface area is 54.5 Å². The van der Waals surface area contributed by atoms with Gasteiger partial charge in [-0.3, -0.25) is 0 Å². The summed E-state index contributed by atoms with van der Waals surface area (Å²) < 4.78 is 1.77. The molecule has 0 saturated carbocycles. The van der Waals surface area contributed by atoms with E-state index >= 15 is 0 Å². The third-order valence-corrected chi connectivity index (χ3v) is 1.11. The van der Waals surface area contributed by atoms with Crippen molar-refractivity contribution in [2.24, 2.45) is 7.05 Å².